The van der Waals surface area contributed by atoms with Crippen LogP contribution in [0.3, 0.4) is 0 Å². The van der Waals surface area contributed by atoms with E-state index in [2.05, 4.69) is 9.72 Å². The molecule has 0 saturated carbocycles. The minimum absolute atomic E-state index is 0.0883. The lowest BCUT2D eigenvalue weighted by Gasteiger charge is -2.41. The second kappa shape index (κ2) is 8.46. The SMILES string of the molecule is O=C1CC=C(c2ccc(OC(F)(F)F)cc2)N(C[C@@H](O)C(F)(F)F)N1c1cccnc1. The summed E-state index contributed by atoms with van der Waals surface area (Å²) < 4.78 is 80.0. The number of amides is 1. The standard InChI is InChI=1S/C19H15F6N3O3/c20-18(21,22)16(29)11-27-15(12-3-5-14(6-4-12)31-19(23,24)25)7-8-17(30)28(27)13-2-1-9-26-10-13/h1-7,9-10,16,29H,8,11H2/t16-/m1/s1. The van der Waals surface area contributed by atoms with Gasteiger partial charge in [0.1, 0.15) is 5.75 Å². The molecule has 0 unspecified atom stereocenters. The lowest BCUT2D eigenvalue weighted by molar-refractivity contribution is -0.274. The zero-order chi connectivity index (χ0) is 22.8. The number of nitrogens with zero attached hydrogens (tertiary/aromatic N) is 3. The number of benzene rings is 1. The van der Waals surface area contributed by atoms with Crippen molar-refractivity contribution in [1.82, 2.24) is 9.99 Å². The number of β-amino-alcohol motifs (C(OH)–C–C–N with tert-alkyl or cyclic N) is 1. The molecule has 0 aliphatic carbocycles. The first-order valence-electron chi connectivity index (χ1n) is 8.77. The first-order chi connectivity index (χ1) is 14.5. The van der Waals surface area contributed by atoms with E-state index in [4.69, 9.17) is 0 Å². The Morgan fingerprint density at radius 2 is 1.77 bits per heavy atom. The lowest BCUT2D eigenvalue weighted by atomic mass is 10.1. The fourth-order valence-electron chi connectivity index (χ4n) is 2.92. The predicted molar refractivity (Wildman–Crippen MR) is 96.2 cm³/mol. The Labute approximate surface area is 171 Å². The van der Waals surface area contributed by atoms with Gasteiger partial charge in [0.25, 0.3) is 0 Å². The third-order valence-corrected chi connectivity index (χ3v) is 4.22. The maximum absolute atomic E-state index is 13.0. The van der Waals surface area contributed by atoms with E-state index in [0.29, 0.717) is 0 Å². The van der Waals surface area contributed by atoms with Gasteiger partial charge in [-0.3, -0.25) is 14.8 Å². The topological polar surface area (TPSA) is 65.9 Å². The highest BCUT2D eigenvalue weighted by Gasteiger charge is 2.42. The molecule has 0 fully saturated rings. The summed E-state index contributed by atoms with van der Waals surface area (Å²) >= 11 is 0. The van der Waals surface area contributed by atoms with Gasteiger partial charge in [0.05, 0.1) is 24.1 Å². The summed E-state index contributed by atoms with van der Waals surface area (Å²) in [5.41, 5.74) is 0.458. The summed E-state index contributed by atoms with van der Waals surface area (Å²) in [6.45, 7) is -1.03. The van der Waals surface area contributed by atoms with Crippen molar-refractivity contribution >= 4 is 17.3 Å². The minimum atomic E-state index is -4.96. The largest absolute Gasteiger partial charge is 0.573 e. The number of alkyl halides is 6. The van der Waals surface area contributed by atoms with Crippen molar-refractivity contribution in [3.63, 3.8) is 0 Å². The predicted octanol–water partition coefficient (Wildman–Crippen LogP) is 3.90. The average molecular weight is 447 g/mol. The molecule has 3 rings (SSSR count). The molecule has 1 amide bonds. The van der Waals surface area contributed by atoms with Crippen molar-refractivity contribution in [2.24, 2.45) is 0 Å². The number of carbonyl (C=O) groups excluding carboxylic acids is 1. The quantitative estimate of drug-likeness (QED) is 0.705. The van der Waals surface area contributed by atoms with E-state index in [1.807, 2.05) is 0 Å². The average Bonchev–Trinajstić information content (AvgIpc) is 2.68. The molecule has 31 heavy (non-hydrogen) atoms. The van der Waals surface area contributed by atoms with E-state index in [1.54, 1.807) is 0 Å². The van der Waals surface area contributed by atoms with Gasteiger partial charge in [-0.25, -0.2) is 5.01 Å². The highest BCUT2D eigenvalue weighted by molar-refractivity contribution is 5.97. The molecule has 2 heterocycles. The Morgan fingerprint density at radius 3 is 2.32 bits per heavy atom. The van der Waals surface area contributed by atoms with Crippen molar-refractivity contribution < 1.29 is 41.0 Å². The smallest absolute Gasteiger partial charge is 0.406 e. The molecular weight excluding hydrogens is 432 g/mol. The summed E-state index contributed by atoms with van der Waals surface area (Å²) in [5, 5.41) is 11.5. The van der Waals surface area contributed by atoms with Crippen LogP contribution in [0.2, 0.25) is 0 Å². The van der Waals surface area contributed by atoms with Gasteiger partial charge in [0.15, 0.2) is 6.10 Å². The van der Waals surface area contributed by atoms with Crippen LogP contribution in [0, 0.1) is 0 Å². The van der Waals surface area contributed by atoms with Crippen molar-refractivity contribution in [3.8, 4) is 5.75 Å². The normalized spacial score (nSPS) is 16.2. The number of hydrogen-bond acceptors (Lipinski definition) is 5. The van der Waals surface area contributed by atoms with Crippen LogP contribution in [0.15, 0.2) is 54.9 Å². The number of halogens is 6. The van der Waals surface area contributed by atoms with Crippen LogP contribution in [-0.2, 0) is 4.79 Å². The Hall–Kier alpha value is -3.28. The monoisotopic (exact) mass is 447 g/mol. The van der Waals surface area contributed by atoms with Gasteiger partial charge in [-0.05, 0) is 48.0 Å². The van der Waals surface area contributed by atoms with Gasteiger partial charge in [0, 0.05) is 12.6 Å². The zero-order valence-corrected chi connectivity index (χ0v) is 15.6. The number of hydrogen-bond donors (Lipinski definition) is 1. The highest BCUT2D eigenvalue weighted by atomic mass is 19.4. The Morgan fingerprint density at radius 1 is 1.10 bits per heavy atom. The molecule has 2 aromatic rings. The third kappa shape index (κ3) is 5.45. The number of rotatable bonds is 5. The van der Waals surface area contributed by atoms with Gasteiger partial charge in [-0.15, -0.1) is 13.2 Å². The van der Waals surface area contributed by atoms with Crippen molar-refractivity contribution in [1.29, 1.82) is 0 Å². The second-order valence-corrected chi connectivity index (χ2v) is 6.42. The van der Waals surface area contributed by atoms with Crippen LogP contribution in [0.4, 0.5) is 32.0 Å². The minimum Gasteiger partial charge on any atom is -0.406 e. The van der Waals surface area contributed by atoms with Gasteiger partial charge < -0.3 is 9.84 Å². The molecule has 1 aromatic heterocycles. The van der Waals surface area contributed by atoms with Gasteiger partial charge in [-0.2, -0.15) is 13.2 Å². The van der Waals surface area contributed by atoms with Crippen LogP contribution in [-0.4, -0.2) is 46.2 Å². The molecule has 1 atom stereocenters. The van der Waals surface area contributed by atoms with Crippen LogP contribution < -0.4 is 9.75 Å². The fraction of sp³-hybridized carbons (Fsp3) is 0.263. The van der Waals surface area contributed by atoms with Crippen LogP contribution in [0.1, 0.15) is 12.0 Å². The molecular formula is C19H15F6N3O3. The number of ether oxygens (including phenoxy) is 1. The summed E-state index contributed by atoms with van der Waals surface area (Å²) in [6, 6.07) is 7.32. The first-order valence-corrected chi connectivity index (χ1v) is 8.77. The number of aromatic nitrogens is 1. The fourth-order valence-corrected chi connectivity index (χ4v) is 2.92. The Balaban J connectivity index is 1.99. The second-order valence-electron chi connectivity index (χ2n) is 6.42. The number of hydrazine groups is 1. The maximum atomic E-state index is 13.0. The van der Waals surface area contributed by atoms with E-state index >= 15 is 0 Å². The van der Waals surface area contributed by atoms with Gasteiger partial charge in [-0.1, -0.05) is 0 Å². The molecule has 1 aromatic carbocycles. The van der Waals surface area contributed by atoms with Crippen molar-refractivity contribution in [3.05, 3.63) is 60.4 Å². The van der Waals surface area contributed by atoms with E-state index < -0.39 is 36.8 Å². The Kier molecular flexibility index (Phi) is 6.11. The van der Waals surface area contributed by atoms with Crippen LogP contribution >= 0.6 is 0 Å². The van der Waals surface area contributed by atoms with Crippen LogP contribution in [0.5, 0.6) is 5.75 Å². The molecule has 0 radical (unpaired) electrons. The molecule has 0 saturated heterocycles. The highest BCUT2D eigenvalue weighted by Crippen LogP contribution is 2.33. The summed E-state index contributed by atoms with van der Waals surface area (Å²) in [7, 11) is 0. The molecule has 0 spiro atoms. The zero-order valence-electron chi connectivity index (χ0n) is 15.6. The summed E-state index contributed by atoms with van der Waals surface area (Å²) in [4.78, 5) is 16.4. The molecule has 1 N–H and O–H groups in total. The van der Waals surface area contributed by atoms with E-state index in [-0.39, 0.29) is 23.4 Å². The maximum Gasteiger partial charge on any atom is 0.573 e. The third-order valence-electron chi connectivity index (χ3n) is 4.22. The number of aliphatic hydroxyl groups excluding tert-OH is 1. The van der Waals surface area contributed by atoms with E-state index in [9.17, 15) is 36.2 Å². The lowest BCUT2D eigenvalue weighted by Crippen LogP contribution is -2.53. The van der Waals surface area contributed by atoms with Gasteiger partial charge >= 0.3 is 12.5 Å². The number of carbonyl (C=O) groups is 1. The van der Waals surface area contributed by atoms with E-state index in [1.165, 1.54) is 42.7 Å². The molecule has 12 heteroatoms. The van der Waals surface area contributed by atoms with Crippen molar-refractivity contribution in [2.45, 2.75) is 25.1 Å². The Bertz CT molecular complexity index is 945. The summed E-state index contributed by atoms with van der Waals surface area (Å²) in [5.74, 6) is -1.10. The molecule has 6 nitrogen and oxygen atoms in total. The number of aliphatic hydroxyl groups is 1. The van der Waals surface area contributed by atoms with Crippen LogP contribution in [0.25, 0.3) is 5.70 Å². The molecule has 166 valence electrons. The number of pyridine rings is 1. The number of anilines is 1. The summed E-state index contributed by atoms with van der Waals surface area (Å²) in [6.07, 6.45) is -8.86. The molecule has 1 aliphatic rings. The molecule has 0 bridgehead atoms. The van der Waals surface area contributed by atoms with Crippen molar-refractivity contribution in [2.75, 3.05) is 11.6 Å². The van der Waals surface area contributed by atoms with Gasteiger partial charge in [0.2, 0.25) is 5.91 Å². The first kappa shape index (κ1) is 22.4. The molecule has 1 aliphatic heterocycles. The van der Waals surface area contributed by atoms with E-state index in [0.717, 1.165) is 22.2 Å².